The van der Waals surface area contributed by atoms with E-state index in [1.165, 1.54) is 12.3 Å². The van der Waals surface area contributed by atoms with Crippen molar-refractivity contribution in [2.75, 3.05) is 0 Å². The van der Waals surface area contributed by atoms with Crippen molar-refractivity contribution in [1.82, 2.24) is 10.3 Å². The zero-order valence-corrected chi connectivity index (χ0v) is 12.3. The summed E-state index contributed by atoms with van der Waals surface area (Å²) in [6, 6.07) is 2.37. The van der Waals surface area contributed by atoms with Gasteiger partial charge in [0.15, 0.2) is 0 Å². The smallest absolute Gasteiger partial charge is 0.408 e. The fourth-order valence-corrected chi connectivity index (χ4v) is 1.69. The Morgan fingerprint density at radius 1 is 1.50 bits per heavy atom. The number of nitrogens with one attached hydrogen (secondary N) is 1. The number of carbonyl (C=O) groups excluding carboxylic acids is 1. The molecule has 2 N–H and O–H groups in total. The van der Waals surface area contributed by atoms with Crippen molar-refractivity contribution in [3.8, 4) is 0 Å². The molecule has 1 aromatic rings. The Morgan fingerprint density at radius 2 is 2.15 bits per heavy atom. The van der Waals surface area contributed by atoms with Crippen molar-refractivity contribution in [2.24, 2.45) is 0 Å². The Kier molecular flexibility index (Phi) is 5.33. The summed E-state index contributed by atoms with van der Waals surface area (Å²) in [6.07, 6.45) is 0.486. The molecular formula is C13H17ClN2O4. The first-order valence-corrected chi connectivity index (χ1v) is 6.38. The van der Waals surface area contributed by atoms with Gasteiger partial charge < -0.3 is 15.2 Å². The molecule has 110 valence electrons. The number of rotatable bonds is 4. The Balaban J connectivity index is 2.85. The largest absolute Gasteiger partial charge is 0.481 e. The lowest BCUT2D eigenvalue weighted by Crippen LogP contribution is -2.35. The van der Waals surface area contributed by atoms with E-state index < -0.39 is 23.7 Å². The van der Waals surface area contributed by atoms with Crippen LogP contribution in [0.25, 0.3) is 0 Å². The first-order chi connectivity index (χ1) is 9.17. The third-order valence-corrected chi connectivity index (χ3v) is 2.43. The minimum atomic E-state index is -1.04. The molecule has 0 aliphatic carbocycles. The fraction of sp³-hybridized carbons (Fsp3) is 0.462. The molecule has 0 saturated heterocycles. The molecule has 0 bridgehead atoms. The number of hydrogen-bond acceptors (Lipinski definition) is 4. The van der Waals surface area contributed by atoms with Gasteiger partial charge in [-0.1, -0.05) is 11.6 Å². The number of halogens is 1. The normalized spacial score (nSPS) is 12.6. The molecule has 0 saturated carbocycles. The van der Waals surface area contributed by atoms with Gasteiger partial charge in [0.05, 0.1) is 12.5 Å². The third-order valence-electron chi connectivity index (χ3n) is 2.22. The first-order valence-electron chi connectivity index (χ1n) is 6.00. The maximum atomic E-state index is 11.7. The van der Waals surface area contributed by atoms with Gasteiger partial charge in [0, 0.05) is 6.20 Å². The molecule has 0 aliphatic rings. The molecule has 0 radical (unpaired) electrons. The first kappa shape index (κ1) is 16.2. The lowest BCUT2D eigenvalue weighted by Gasteiger charge is -2.23. The molecule has 0 aromatic carbocycles. The minimum absolute atomic E-state index is 0.226. The fourth-order valence-electron chi connectivity index (χ4n) is 1.51. The Hall–Kier alpha value is -1.82. The average molecular weight is 301 g/mol. The number of carbonyl (C=O) groups is 2. The number of aromatic nitrogens is 1. The zero-order chi connectivity index (χ0) is 15.3. The lowest BCUT2D eigenvalue weighted by molar-refractivity contribution is -0.137. The van der Waals surface area contributed by atoms with Crippen molar-refractivity contribution >= 4 is 23.7 Å². The molecular weight excluding hydrogens is 284 g/mol. The Labute approximate surface area is 122 Å². The molecule has 1 heterocycles. The molecule has 20 heavy (non-hydrogen) atoms. The van der Waals surface area contributed by atoms with Crippen LogP contribution in [0.1, 0.15) is 38.8 Å². The maximum absolute atomic E-state index is 11.7. The van der Waals surface area contributed by atoms with E-state index in [-0.39, 0.29) is 11.6 Å². The topological polar surface area (TPSA) is 88.5 Å². The second kappa shape index (κ2) is 6.56. The van der Waals surface area contributed by atoms with Crippen LogP contribution in [0.4, 0.5) is 4.79 Å². The number of pyridine rings is 1. The Morgan fingerprint density at radius 3 is 2.65 bits per heavy atom. The van der Waals surface area contributed by atoms with Gasteiger partial charge in [-0.15, -0.1) is 0 Å². The van der Waals surface area contributed by atoms with Crippen LogP contribution in [-0.4, -0.2) is 27.8 Å². The highest BCUT2D eigenvalue weighted by Gasteiger charge is 2.22. The molecule has 1 amide bonds. The molecule has 6 nitrogen and oxygen atoms in total. The van der Waals surface area contributed by atoms with Gasteiger partial charge in [0.25, 0.3) is 0 Å². The lowest BCUT2D eigenvalue weighted by atomic mass is 10.1. The van der Waals surface area contributed by atoms with E-state index in [0.717, 1.165) is 0 Å². The summed E-state index contributed by atoms with van der Waals surface area (Å²) in [6.45, 7) is 5.17. The standard InChI is InChI=1S/C13H17ClN2O4/c1-13(2,3)20-12(19)16-9(7-11(17)18)8-4-5-15-10(14)6-8/h4-6,9H,7H2,1-3H3,(H,16,19)(H,17,18)/t9-/m1/s1. The van der Waals surface area contributed by atoms with Gasteiger partial charge >= 0.3 is 12.1 Å². The second-order valence-corrected chi connectivity index (χ2v) is 5.60. The van der Waals surface area contributed by atoms with E-state index in [2.05, 4.69) is 10.3 Å². The molecule has 1 rings (SSSR count). The number of carboxylic acid groups (broad SMARTS) is 1. The summed E-state index contributed by atoms with van der Waals surface area (Å²) in [5.41, 5.74) is -0.105. The number of aliphatic carboxylic acids is 1. The summed E-state index contributed by atoms with van der Waals surface area (Å²) in [5.74, 6) is -1.04. The molecule has 0 spiro atoms. The van der Waals surface area contributed by atoms with Crippen LogP contribution in [-0.2, 0) is 9.53 Å². The van der Waals surface area contributed by atoms with Crippen molar-refractivity contribution < 1.29 is 19.4 Å². The number of ether oxygens (including phenoxy) is 1. The monoisotopic (exact) mass is 300 g/mol. The summed E-state index contributed by atoms with van der Waals surface area (Å²) in [7, 11) is 0. The zero-order valence-electron chi connectivity index (χ0n) is 11.5. The second-order valence-electron chi connectivity index (χ2n) is 5.21. The van der Waals surface area contributed by atoms with Gasteiger partial charge in [-0.2, -0.15) is 0 Å². The number of carboxylic acids is 1. The number of nitrogens with zero attached hydrogens (tertiary/aromatic N) is 1. The third kappa shape index (κ3) is 5.88. The van der Waals surface area contributed by atoms with Crippen LogP contribution >= 0.6 is 11.6 Å². The quantitative estimate of drug-likeness (QED) is 0.835. The number of hydrogen-bond donors (Lipinski definition) is 2. The highest BCUT2D eigenvalue weighted by molar-refractivity contribution is 6.29. The highest BCUT2D eigenvalue weighted by Crippen LogP contribution is 2.20. The molecule has 1 atom stereocenters. The van der Waals surface area contributed by atoms with Crippen LogP contribution in [0.2, 0.25) is 5.15 Å². The van der Waals surface area contributed by atoms with Gasteiger partial charge in [-0.05, 0) is 38.5 Å². The predicted molar refractivity (Wildman–Crippen MR) is 73.6 cm³/mol. The molecule has 7 heteroatoms. The van der Waals surface area contributed by atoms with Gasteiger partial charge in [-0.25, -0.2) is 9.78 Å². The molecule has 0 aliphatic heterocycles. The van der Waals surface area contributed by atoms with Crippen LogP contribution in [0.15, 0.2) is 18.3 Å². The van der Waals surface area contributed by atoms with Gasteiger partial charge in [0.2, 0.25) is 0 Å². The number of alkyl carbamates (subject to hydrolysis) is 1. The van der Waals surface area contributed by atoms with Crippen molar-refractivity contribution in [2.45, 2.75) is 38.8 Å². The van der Waals surface area contributed by atoms with Gasteiger partial charge in [0.1, 0.15) is 10.8 Å². The van der Waals surface area contributed by atoms with Crippen molar-refractivity contribution in [3.05, 3.63) is 29.0 Å². The summed E-state index contributed by atoms with van der Waals surface area (Å²) in [4.78, 5) is 26.4. The average Bonchev–Trinajstić information content (AvgIpc) is 2.24. The minimum Gasteiger partial charge on any atom is -0.481 e. The van der Waals surface area contributed by atoms with Crippen molar-refractivity contribution in [1.29, 1.82) is 0 Å². The van der Waals surface area contributed by atoms with E-state index in [9.17, 15) is 9.59 Å². The molecule has 1 aromatic heterocycles. The van der Waals surface area contributed by atoms with E-state index in [1.807, 2.05) is 0 Å². The molecule has 0 fully saturated rings. The highest BCUT2D eigenvalue weighted by atomic mass is 35.5. The summed E-state index contributed by atoms with van der Waals surface area (Å²) < 4.78 is 5.11. The van der Waals surface area contributed by atoms with Gasteiger partial charge in [-0.3, -0.25) is 4.79 Å². The number of amides is 1. The predicted octanol–water partition coefficient (Wildman–Crippen LogP) is 2.78. The van der Waals surface area contributed by atoms with E-state index in [0.29, 0.717) is 5.56 Å². The van der Waals surface area contributed by atoms with Crippen LogP contribution in [0, 0.1) is 0 Å². The van der Waals surface area contributed by atoms with E-state index in [4.69, 9.17) is 21.4 Å². The van der Waals surface area contributed by atoms with E-state index in [1.54, 1.807) is 26.8 Å². The SMILES string of the molecule is CC(C)(C)OC(=O)N[C@H](CC(=O)O)c1ccnc(Cl)c1. The van der Waals surface area contributed by atoms with Crippen LogP contribution in [0.5, 0.6) is 0 Å². The van der Waals surface area contributed by atoms with Crippen molar-refractivity contribution in [3.63, 3.8) is 0 Å². The van der Waals surface area contributed by atoms with E-state index >= 15 is 0 Å². The van der Waals surface area contributed by atoms with Crippen LogP contribution in [0.3, 0.4) is 0 Å². The van der Waals surface area contributed by atoms with Crippen LogP contribution < -0.4 is 5.32 Å². The maximum Gasteiger partial charge on any atom is 0.408 e. The molecule has 0 unspecified atom stereocenters. The summed E-state index contributed by atoms with van der Waals surface area (Å²) >= 11 is 5.77. The Bertz CT molecular complexity index is 499. The summed E-state index contributed by atoms with van der Waals surface area (Å²) in [5, 5.41) is 11.7.